The first-order chi connectivity index (χ1) is 8.11. The first-order valence-corrected chi connectivity index (χ1v) is 6.11. The van der Waals surface area contributed by atoms with Crippen molar-refractivity contribution in [3.63, 3.8) is 0 Å². The molecule has 0 amide bonds. The molecule has 0 aliphatic rings. The van der Waals surface area contributed by atoms with E-state index >= 15 is 0 Å². The zero-order valence-corrected chi connectivity index (χ0v) is 11.1. The number of rotatable bonds is 8. The minimum absolute atomic E-state index is 0.662. The Balaban J connectivity index is 2.36. The average Bonchev–Trinajstić information content (AvgIpc) is 2.68. The van der Waals surface area contributed by atoms with Gasteiger partial charge in [0.1, 0.15) is 0 Å². The largest absolute Gasteiger partial charge is 0.396 e. The molecule has 0 aliphatic heterocycles. The molecule has 1 rings (SSSR count). The molecule has 0 bridgehead atoms. The highest BCUT2D eigenvalue weighted by atomic mass is 16.5. The van der Waals surface area contributed by atoms with Crippen molar-refractivity contribution < 1.29 is 4.74 Å². The molecule has 0 aromatic carbocycles. The van der Waals surface area contributed by atoms with Gasteiger partial charge in [0.15, 0.2) is 0 Å². The summed E-state index contributed by atoms with van der Waals surface area (Å²) >= 11 is 0. The predicted octanol–water partition coefficient (Wildman–Crippen LogP) is 1.07. The maximum Gasteiger partial charge on any atom is 0.0719 e. The maximum atomic E-state index is 5.63. The zero-order valence-electron chi connectivity index (χ0n) is 11.1. The molecule has 0 spiro atoms. The van der Waals surface area contributed by atoms with Crippen LogP contribution in [0.1, 0.15) is 13.8 Å². The summed E-state index contributed by atoms with van der Waals surface area (Å²) in [7, 11) is 1.74. The topological polar surface area (TPSA) is 56.3 Å². The number of nitrogens with two attached hydrogens (primary N) is 1. The summed E-state index contributed by atoms with van der Waals surface area (Å²) in [6, 6.07) is 0. The van der Waals surface area contributed by atoms with Crippen molar-refractivity contribution in [2.45, 2.75) is 20.4 Å². The van der Waals surface area contributed by atoms with Crippen LogP contribution in [0.4, 0.5) is 5.69 Å². The Morgan fingerprint density at radius 2 is 2.24 bits per heavy atom. The molecule has 17 heavy (non-hydrogen) atoms. The number of hydrogen-bond acceptors (Lipinski definition) is 4. The van der Waals surface area contributed by atoms with Gasteiger partial charge >= 0.3 is 0 Å². The fourth-order valence-corrected chi connectivity index (χ4v) is 1.78. The second kappa shape index (κ2) is 7.29. The fourth-order valence-electron chi connectivity index (χ4n) is 1.78. The summed E-state index contributed by atoms with van der Waals surface area (Å²) in [5.41, 5.74) is 6.35. The van der Waals surface area contributed by atoms with Crippen molar-refractivity contribution in [3.8, 4) is 0 Å². The van der Waals surface area contributed by atoms with Gasteiger partial charge in [-0.1, -0.05) is 13.8 Å². The standard InChI is InChI=1S/C12H24N4O/c1-11(2)9-15(6-7-17-3)4-5-16-10-12(13)8-14-16/h8,10-11H,4-7,9,13H2,1-3H3. The van der Waals surface area contributed by atoms with E-state index < -0.39 is 0 Å². The molecule has 0 aliphatic carbocycles. The molecule has 0 unspecified atom stereocenters. The van der Waals surface area contributed by atoms with Gasteiger partial charge in [0.05, 0.1) is 25.0 Å². The van der Waals surface area contributed by atoms with Crippen LogP contribution in [0, 0.1) is 5.92 Å². The fraction of sp³-hybridized carbons (Fsp3) is 0.750. The quantitative estimate of drug-likeness (QED) is 0.738. The molecule has 0 atom stereocenters. The van der Waals surface area contributed by atoms with Crippen LogP contribution in [0.2, 0.25) is 0 Å². The zero-order chi connectivity index (χ0) is 12.7. The monoisotopic (exact) mass is 240 g/mol. The van der Waals surface area contributed by atoms with E-state index in [4.69, 9.17) is 10.5 Å². The van der Waals surface area contributed by atoms with Crippen molar-refractivity contribution in [2.24, 2.45) is 5.92 Å². The van der Waals surface area contributed by atoms with Gasteiger partial charge in [-0.05, 0) is 5.92 Å². The van der Waals surface area contributed by atoms with Crippen LogP contribution < -0.4 is 5.73 Å². The van der Waals surface area contributed by atoms with E-state index in [1.165, 1.54) is 0 Å². The van der Waals surface area contributed by atoms with Gasteiger partial charge in [-0.25, -0.2) is 0 Å². The third-order valence-corrected chi connectivity index (χ3v) is 2.53. The molecule has 0 fully saturated rings. The van der Waals surface area contributed by atoms with Gasteiger partial charge in [-0.2, -0.15) is 5.10 Å². The average molecular weight is 240 g/mol. The minimum Gasteiger partial charge on any atom is -0.396 e. The number of hydrogen-bond donors (Lipinski definition) is 1. The van der Waals surface area contributed by atoms with Crippen LogP contribution in [0.5, 0.6) is 0 Å². The minimum atomic E-state index is 0.662. The van der Waals surface area contributed by atoms with Gasteiger partial charge in [-0.15, -0.1) is 0 Å². The Kier molecular flexibility index (Phi) is 6.00. The van der Waals surface area contributed by atoms with Gasteiger partial charge in [0.2, 0.25) is 0 Å². The lowest BCUT2D eigenvalue weighted by Crippen LogP contribution is -2.33. The lowest BCUT2D eigenvalue weighted by atomic mass is 10.2. The van der Waals surface area contributed by atoms with Crippen LogP contribution in [-0.4, -0.2) is 48.0 Å². The van der Waals surface area contributed by atoms with Crippen molar-refractivity contribution in [1.29, 1.82) is 0 Å². The van der Waals surface area contributed by atoms with Gasteiger partial charge in [0.25, 0.3) is 0 Å². The number of nitrogens with zero attached hydrogens (tertiary/aromatic N) is 3. The summed E-state index contributed by atoms with van der Waals surface area (Å²) in [5, 5.41) is 4.18. The number of aromatic nitrogens is 2. The van der Waals surface area contributed by atoms with Crippen molar-refractivity contribution >= 4 is 5.69 Å². The molecule has 1 aromatic rings. The van der Waals surface area contributed by atoms with Crippen LogP contribution in [0.25, 0.3) is 0 Å². The third-order valence-electron chi connectivity index (χ3n) is 2.53. The molecule has 98 valence electrons. The molecule has 0 saturated carbocycles. The highest BCUT2D eigenvalue weighted by molar-refractivity contribution is 5.30. The van der Waals surface area contributed by atoms with Crippen LogP contribution in [0.3, 0.4) is 0 Å². The molecule has 5 heteroatoms. The number of nitrogen functional groups attached to an aromatic ring is 1. The number of ether oxygens (including phenoxy) is 1. The van der Waals surface area contributed by atoms with Gasteiger partial charge < -0.3 is 10.5 Å². The Labute approximate surface area is 104 Å². The Morgan fingerprint density at radius 1 is 1.47 bits per heavy atom. The van der Waals surface area contributed by atoms with E-state index in [0.29, 0.717) is 5.92 Å². The molecule has 0 radical (unpaired) electrons. The second-order valence-corrected chi connectivity index (χ2v) is 4.72. The number of anilines is 1. The first kappa shape index (κ1) is 14.0. The highest BCUT2D eigenvalue weighted by Gasteiger charge is 2.07. The van der Waals surface area contributed by atoms with Crippen molar-refractivity contribution in [2.75, 3.05) is 39.1 Å². The van der Waals surface area contributed by atoms with E-state index in [2.05, 4.69) is 23.8 Å². The summed E-state index contributed by atoms with van der Waals surface area (Å²) in [6.45, 7) is 9.12. The van der Waals surface area contributed by atoms with Gasteiger partial charge in [-0.3, -0.25) is 9.58 Å². The van der Waals surface area contributed by atoms with Crippen molar-refractivity contribution in [1.82, 2.24) is 14.7 Å². The molecule has 1 heterocycles. The normalized spacial score (nSPS) is 11.6. The molecule has 2 N–H and O–H groups in total. The Morgan fingerprint density at radius 3 is 2.76 bits per heavy atom. The molecule has 0 saturated heterocycles. The van der Waals surface area contributed by atoms with E-state index in [1.807, 2.05) is 10.9 Å². The van der Waals surface area contributed by atoms with E-state index in [1.54, 1.807) is 13.3 Å². The van der Waals surface area contributed by atoms with Gasteiger partial charge in [0, 0.05) is 32.9 Å². The van der Waals surface area contributed by atoms with Crippen LogP contribution >= 0.6 is 0 Å². The van der Waals surface area contributed by atoms with E-state index in [9.17, 15) is 0 Å². The third kappa shape index (κ3) is 5.70. The molecular weight excluding hydrogens is 216 g/mol. The Bertz CT molecular complexity index is 311. The lowest BCUT2D eigenvalue weighted by Gasteiger charge is -2.23. The predicted molar refractivity (Wildman–Crippen MR) is 69.8 cm³/mol. The molecular formula is C12H24N4O. The summed E-state index contributed by atoms with van der Waals surface area (Å²) < 4.78 is 7.01. The molecule has 5 nitrogen and oxygen atoms in total. The summed E-state index contributed by atoms with van der Waals surface area (Å²) in [5.74, 6) is 0.662. The van der Waals surface area contributed by atoms with E-state index in [0.717, 1.165) is 38.5 Å². The summed E-state index contributed by atoms with van der Waals surface area (Å²) in [6.07, 6.45) is 3.55. The smallest absolute Gasteiger partial charge is 0.0719 e. The van der Waals surface area contributed by atoms with Crippen molar-refractivity contribution in [3.05, 3.63) is 12.4 Å². The first-order valence-electron chi connectivity index (χ1n) is 6.11. The maximum absolute atomic E-state index is 5.63. The van der Waals surface area contributed by atoms with Crippen LogP contribution in [0.15, 0.2) is 12.4 Å². The summed E-state index contributed by atoms with van der Waals surface area (Å²) in [4.78, 5) is 2.39. The van der Waals surface area contributed by atoms with E-state index in [-0.39, 0.29) is 0 Å². The highest BCUT2D eigenvalue weighted by Crippen LogP contribution is 2.01. The SMILES string of the molecule is COCCN(CCn1cc(N)cn1)CC(C)C. The van der Waals surface area contributed by atoms with Crippen LogP contribution in [-0.2, 0) is 11.3 Å². The Hall–Kier alpha value is -1.07. The second-order valence-electron chi connectivity index (χ2n) is 4.72. The lowest BCUT2D eigenvalue weighted by molar-refractivity contribution is 0.136. The molecule has 1 aromatic heterocycles. The number of methoxy groups -OCH3 is 1.